The fourth-order valence-electron chi connectivity index (χ4n) is 2.55. The third-order valence-electron chi connectivity index (χ3n) is 3.58. The fraction of sp³-hybridized carbons (Fsp3) is 0.357. The summed E-state index contributed by atoms with van der Waals surface area (Å²) in [5.41, 5.74) is 0.610. The first-order valence-corrected chi connectivity index (χ1v) is 6.95. The van der Waals surface area contributed by atoms with Crippen molar-refractivity contribution in [3.8, 4) is 0 Å². The number of benzene rings is 1. The molecule has 1 saturated heterocycles. The molecule has 2 unspecified atom stereocenters. The lowest BCUT2D eigenvalue weighted by Gasteiger charge is -2.23. The Hall–Kier alpha value is -1.72. The van der Waals surface area contributed by atoms with Crippen LogP contribution in [-0.2, 0) is 9.59 Å². The van der Waals surface area contributed by atoms with Crippen LogP contribution in [0, 0.1) is 0 Å². The number of hydrogen-bond acceptors (Lipinski definition) is 3. The number of rotatable bonds is 2. The van der Waals surface area contributed by atoms with Gasteiger partial charge in [-0.05, 0) is 37.1 Å². The van der Waals surface area contributed by atoms with Crippen LogP contribution < -0.4 is 10.6 Å². The standard InChI is InChI=1S/C14H14ClN3O2/c15-9-5-3-8(4-6-9)11-13(19)17-12(18-14(11)20)10-2-1-7-16-10/h3-6,10-11,16H,1-2,7H2,(H,17,18,19,20). The van der Waals surface area contributed by atoms with E-state index in [4.69, 9.17) is 11.6 Å². The molecule has 2 amide bonds. The molecule has 0 spiro atoms. The smallest absolute Gasteiger partial charge is 0.264 e. The zero-order chi connectivity index (χ0) is 14.1. The highest BCUT2D eigenvalue weighted by Gasteiger charge is 2.36. The van der Waals surface area contributed by atoms with Crippen molar-refractivity contribution in [3.63, 3.8) is 0 Å². The molecule has 6 heteroatoms. The molecule has 0 aromatic heterocycles. The fourth-order valence-corrected chi connectivity index (χ4v) is 2.68. The summed E-state index contributed by atoms with van der Waals surface area (Å²) in [4.78, 5) is 28.4. The van der Waals surface area contributed by atoms with Crippen LogP contribution in [0.25, 0.3) is 0 Å². The van der Waals surface area contributed by atoms with Crippen LogP contribution in [0.15, 0.2) is 29.3 Å². The van der Waals surface area contributed by atoms with Crippen molar-refractivity contribution in [2.45, 2.75) is 24.8 Å². The number of nitrogens with zero attached hydrogens (tertiary/aromatic N) is 1. The van der Waals surface area contributed by atoms with Gasteiger partial charge in [0.25, 0.3) is 5.91 Å². The van der Waals surface area contributed by atoms with E-state index in [2.05, 4.69) is 15.6 Å². The van der Waals surface area contributed by atoms with Gasteiger partial charge < -0.3 is 10.6 Å². The van der Waals surface area contributed by atoms with Gasteiger partial charge in [0.1, 0.15) is 11.8 Å². The van der Waals surface area contributed by atoms with E-state index < -0.39 is 11.8 Å². The van der Waals surface area contributed by atoms with Gasteiger partial charge in [-0.1, -0.05) is 23.7 Å². The third kappa shape index (κ3) is 2.46. The molecule has 2 atom stereocenters. The van der Waals surface area contributed by atoms with Crippen molar-refractivity contribution < 1.29 is 9.59 Å². The van der Waals surface area contributed by atoms with Crippen molar-refractivity contribution in [1.82, 2.24) is 10.6 Å². The molecule has 5 nitrogen and oxygen atoms in total. The summed E-state index contributed by atoms with van der Waals surface area (Å²) in [7, 11) is 0. The van der Waals surface area contributed by atoms with Gasteiger partial charge in [0.2, 0.25) is 5.91 Å². The molecule has 1 aromatic carbocycles. The minimum absolute atomic E-state index is 0.0194. The predicted molar refractivity (Wildman–Crippen MR) is 75.8 cm³/mol. The minimum atomic E-state index is -0.877. The Balaban J connectivity index is 1.86. The molecule has 0 bridgehead atoms. The molecule has 1 fully saturated rings. The predicted octanol–water partition coefficient (Wildman–Crippen LogP) is 1.23. The number of aliphatic imine (C=N–C) groups is 1. The quantitative estimate of drug-likeness (QED) is 0.805. The van der Waals surface area contributed by atoms with E-state index >= 15 is 0 Å². The second kappa shape index (κ2) is 5.34. The van der Waals surface area contributed by atoms with E-state index in [0.717, 1.165) is 19.4 Å². The maximum Gasteiger partial charge on any atom is 0.264 e. The Kier molecular flexibility index (Phi) is 3.54. The molecule has 2 aliphatic rings. The molecular weight excluding hydrogens is 278 g/mol. The Labute approximate surface area is 121 Å². The van der Waals surface area contributed by atoms with E-state index in [9.17, 15) is 9.59 Å². The van der Waals surface area contributed by atoms with Gasteiger partial charge in [-0.25, -0.2) is 0 Å². The lowest BCUT2D eigenvalue weighted by Crippen LogP contribution is -2.50. The number of carbonyl (C=O) groups is 2. The van der Waals surface area contributed by atoms with Crippen LogP contribution in [0.2, 0.25) is 5.02 Å². The van der Waals surface area contributed by atoms with Crippen LogP contribution in [0.5, 0.6) is 0 Å². The molecule has 1 aromatic rings. The van der Waals surface area contributed by atoms with Crippen LogP contribution >= 0.6 is 11.6 Å². The summed E-state index contributed by atoms with van der Waals surface area (Å²) in [5, 5.41) is 6.53. The lowest BCUT2D eigenvalue weighted by molar-refractivity contribution is -0.129. The third-order valence-corrected chi connectivity index (χ3v) is 3.84. The molecule has 20 heavy (non-hydrogen) atoms. The first kappa shape index (κ1) is 13.3. The normalized spacial score (nSPS) is 26.4. The Bertz CT molecular complexity index is 577. The van der Waals surface area contributed by atoms with Crippen LogP contribution in [0.4, 0.5) is 0 Å². The number of amidine groups is 1. The number of hydrogen-bond donors (Lipinski definition) is 2. The van der Waals surface area contributed by atoms with Gasteiger partial charge in [-0.3, -0.25) is 9.59 Å². The monoisotopic (exact) mass is 291 g/mol. The van der Waals surface area contributed by atoms with E-state index in [1.807, 2.05) is 0 Å². The minimum Gasteiger partial charge on any atom is -0.312 e. The first-order valence-electron chi connectivity index (χ1n) is 6.57. The largest absolute Gasteiger partial charge is 0.312 e. The van der Waals surface area contributed by atoms with Gasteiger partial charge >= 0.3 is 0 Å². The van der Waals surface area contributed by atoms with Crippen molar-refractivity contribution in [1.29, 1.82) is 0 Å². The SMILES string of the molecule is O=C1N=C(C2CCCN2)NC(=O)C1c1ccc(Cl)cc1. The average molecular weight is 292 g/mol. The highest BCUT2D eigenvalue weighted by molar-refractivity contribution is 6.30. The summed E-state index contributed by atoms with van der Waals surface area (Å²) in [5.74, 6) is -1.17. The van der Waals surface area contributed by atoms with E-state index in [-0.39, 0.29) is 11.9 Å². The lowest BCUT2D eigenvalue weighted by atomic mass is 9.95. The van der Waals surface area contributed by atoms with Gasteiger partial charge in [-0.2, -0.15) is 4.99 Å². The van der Waals surface area contributed by atoms with Crippen molar-refractivity contribution >= 4 is 29.3 Å². The molecule has 2 N–H and O–H groups in total. The van der Waals surface area contributed by atoms with Gasteiger partial charge in [0.05, 0.1) is 6.04 Å². The average Bonchev–Trinajstić information content (AvgIpc) is 2.94. The highest BCUT2D eigenvalue weighted by Crippen LogP contribution is 2.23. The van der Waals surface area contributed by atoms with Gasteiger partial charge in [-0.15, -0.1) is 0 Å². The zero-order valence-corrected chi connectivity index (χ0v) is 11.5. The molecule has 2 aliphatic heterocycles. The summed E-state index contributed by atoms with van der Waals surface area (Å²) in [6.07, 6.45) is 1.91. The van der Waals surface area contributed by atoms with E-state index in [1.54, 1.807) is 24.3 Å². The number of amides is 2. The van der Waals surface area contributed by atoms with Crippen molar-refractivity contribution in [2.24, 2.45) is 4.99 Å². The number of carbonyl (C=O) groups excluding carboxylic acids is 2. The van der Waals surface area contributed by atoms with Gasteiger partial charge in [0.15, 0.2) is 0 Å². The maximum absolute atomic E-state index is 12.2. The summed E-state index contributed by atoms with van der Waals surface area (Å²) >= 11 is 5.81. The van der Waals surface area contributed by atoms with Crippen molar-refractivity contribution in [3.05, 3.63) is 34.9 Å². The molecule has 0 saturated carbocycles. The second-order valence-electron chi connectivity index (χ2n) is 4.96. The second-order valence-corrected chi connectivity index (χ2v) is 5.39. The Morgan fingerprint density at radius 1 is 1.20 bits per heavy atom. The molecule has 3 rings (SSSR count). The van der Waals surface area contributed by atoms with Gasteiger partial charge in [0, 0.05) is 5.02 Å². The summed E-state index contributed by atoms with van der Waals surface area (Å²) in [6.45, 7) is 0.883. The van der Waals surface area contributed by atoms with E-state index in [1.165, 1.54) is 0 Å². The van der Waals surface area contributed by atoms with Crippen LogP contribution in [0.3, 0.4) is 0 Å². The molecule has 0 aliphatic carbocycles. The Morgan fingerprint density at radius 2 is 1.95 bits per heavy atom. The number of nitrogens with one attached hydrogen (secondary N) is 2. The van der Waals surface area contributed by atoms with Crippen LogP contribution in [-0.4, -0.2) is 30.2 Å². The first-order chi connectivity index (χ1) is 9.65. The highest BCUT2D eigenvalue weighted by atomic mass is 35.5. The summed E-state index contributed by atoms with van der Waals surface area (Å²) < 4.78 is 0. The topological polar surface area (TPSA) is 70.6 Å². The zero-order valence-electron chi connectivity index (χ0n) is 10.7. The van der Waals surface area contributed by atoms with E-state index in [0.29, 0.717) is 16.4 Å². The molecule has 0 radical (unpaired) electrons. The maximum atomic E-state index is 12.2. The molecule has 2 heterocycles. The Morgan fingerprint density at radius 3 is 2.55 bits per heavy atom. The molecule has 104 valence electrons. The molecular formula is C14H14ClN3O2. The number of halogens is 1. The van der Waals surface area contributed by atoms with Crippen molar-refractivity contribution in [2.75, 3.05) is 6.54 Å². The van der Waals surface area contributed by atoms with Crippen LogP contribution in [0.1, 0.15) is 24.3 Å². The summed E-state index contributed by atoms with van der Waals surface area (Å²) in [6, 6.07) is 6.66.